The maximum Gasteiger partial charge on any atom is 0.220 e. The fourth-order valence-corrected chi connectivity index (χ4v) is 0.890. The number of hydrogen-bond donors (Lipinski definition) is 6. The van der Waals surface area contributed by atoms with Crippen molar-refractivity contribution >= 4 is 5.91 Å². The first-order valence-corrected chi connectivity index (χ1v) is 4.01. The largest absolute Gasteiger partial charge is 0.394 e. The minimum Gasteiger partial charge on any atom is -0.394 e. The van der Waals surface area contributed by atoms with Crippen molar-refractivity contribution in [1.29, 1.82) is 0 Å². The van der Waals surface area contributed by atoms with Crippen LogP contribution in [0.15, 0.2) is 0 Å². The molecule has 0 aliphatic heterocycles. The van der Waals surface area contributed by atoms with Gasteiger partial charge in [-0.3, -0.25) is 4.79 Å². The van der Waals surface area contributed by atoms with Crippen molar-refractivity contribution in [1.82, 2.24) is 0 Å². The Hall–Kier alpha value is -0.730. The van der Waals surface area contributed by atoms with Gasteiger partial charge in [-0.1, -0.05) is 0 Å². The predicted octanol–water partition coefficient (Wildman–Crippen LogP) is -3.70. The average molecular weight is 209 g/mol. The van der Waals surface area contributed by atoms with Gasteiger partial charge in [-0.05, 0) is 0 Å². The molecule has 84 valence electrons. The summed E-state index contributed by atoms with van der Waals surface area (Å²) in [6.07, 6.45) is -7.13. The lowest BCUT2D eigenvalue weighted by Gasteiger charge is -2.24. The minimum absolute atomic E-state index is 0.531. The molecule has 0 saturated heterocycles. The molecule has 0 radical (unpaired) electrons. The predicted molar refractivity (Wildman–Crippen MR) is 44.9 cm³/mol. The number of rotatable bonds is 6. The van der Waals surface area contributed by atoms with Gasteiger partial charge in [-0.2, -0.15) is 0 Å². The van der Waals surface area contributed by atoms with Gasteiger partial charge in [0, 0.05) is 0 Å². The van der Waals surface area contributed by atoms with Crippen LogP contribution in [0.5, 0.6) is 0 Å². The molecular formula is C7H15NO6. The van der Waals surface area contributed by atoms with Crippen molar-refractivity contribution in [3.8, 4) is 0 Å². The van der Waals surface area contributed by atoms with Crippen molar-refractivity contribution in [2.45, 2.75) is 30.8 Å². The Balaban J connectivity index is 4.15. The van der Waals surface area contributed by atoms with Crippen molar-refractivity contribution < 1.29 is 30.3 Å². The Bertz CT molecular complexity index is 187. The van der Waals surface area contributed by atoms with Gasteiger partial charge in [-0.25, -0.2) is 0 Å². The Morgan fingerprint density at radius 3 is 1.86 bits per heavy atom. The summed E-state index contributed by atoms with van der Waals surface area (Å²) >= 11 is 0. The van der Waals surface area contributed by atoms with Crippen LogP contribution in [0, 0.1) is 0 Å². The second kappa shape index (κ2) is 5.89. The highest BCUT2D eigenvalue weighted by molar-refractivity contribution is 5.74. The van der Waals surface area contributed by atoms with Crippen molar-refractivity contribution in [3.05, 3.63) is 0 Å². The maximum absolute atomic E-state index is 10.3. The van der Waals surface area contributed by atoms with E-state index in [-0.39, 0.29) is 0 Å². The van der Waals surface area contributed by atoms with Crippen molar-refractivity contribution in [2.24, 2.45) is 5.73 Å². The van der Waals surface area contributed by atoms with Crippen LogP contribution in [0.25, 0.3) is 0 Å². The molecule has 0 aliphatic carbocycles. The van der Waals surface area contributed by atoms with Crippen LogP contribution < -0.4 is 5.73 Å². The van der Waals surface area contributed by atoms with Crippen LogP contribution in [-0.4, -0.2) is 62.5 Å². The fraction of sp³-hybridized carbons (Fsp3) is 0.857. The first kappa shape index (κ1) is 13.3. The normalized spacial score (nSPS) is 19.8. The molecule has 0 rings (SSSR count). The van der Waals surface area contributed by atoms with E-state index < -0.39 is 43.4 Å². The monoisotopic (exact) mass is 209 g/mol. The Labute approximate surface area is 80.4 Å². The molecule has 7 heteroatoms. The van der Waals surface area contributed by atoms with E-state index in [4.69, 9.17) is 31.3 Å². The molecule has 1 amide bonds. The minimum atomic E-state index is -1.73. The molecule has 7 N–H and O–H groups in total. The lowest BCUT2D eigenvalue weighted by atomic mass is 10.0. The van der Waals surface area contributed by atoms with Crippen molar-refractivity contribution in [3.63, 3.8) is 0 Å². The second-order valence-corrected chi connectivity index (χ2v) is 2.97. The molecule has 14 heavy (non-hydrogen) atoms. The Morgan fingerprint density at radius 1 is 1.07 bits per heavy atom. The number of aliphatic hydroxyl groups is 5. The number of primary amides is 1. The molecule has 0 fully saturated rings. The van der Waals surface area contributed by atoms with Crippen LogP contribution in [0.3, 0.4) is 0 Å². The van der Waals surface area contributed by atoms with Gasteiger partial charge in [-0.15, -0.1) is 0 Å². The van der Waals surface area contributed by atoms with E-state index in [1.807, 2.05) is 0 Å². The first-order chi connectivity index (χ1) is 6.40. The van der Waals surface area contributed by atoms with Gasteiger partial charge in [0.2, 0.25) is 5.91 Å². The van der Waals surface area contributed by atoms with Gasteiger partial charge < -0.3 is 31.3 Å². The van der Waals surface area contributed by atoms with Gasteiger partial charge in [0.05, 0.1) is 19.1 Å². The third-order valence-corrected chi connectivity index (χ3v) is 1.74. The quantitative estimate of drug-likeness (QED) is 0.265. The molecule has 4 unspecified atom stereocenters. The van der Waals surface area contributed by atoms with E-state index in [2.05, 4.69) is 0 Å². The molecule has 0 heterocycles. The molecule has 0 aliphatic rings. The molecule has 0 aromatic heterocycles. The van der Waals surface area contributed by atoms with E-state index >= 15 is 0 Å². The SMILES string of the molecule is NC(=O)CC(O)C(O)C(O)C(O)CO. The van der Waals surface area contributed by atoms with Gasteiger partial charge in [0.25, 0.3) is 0 Å². The zero-order chi connectivity index (χ0) is 11.3. The number of nitrogens with two attached hydrogens (primary N) is 1. The Kier molecular flexibility index (Phi) is 5.58. The first-order valence-electron chi connectivity index (χ1n) is 4.01. The van der Waals surface area contributed by atoms with E-state index in [1.54, 1.807) is 0 Å². The molecule has 0 bridgehead atoms. The van der Waals surface area contributed by atoms with E-state index in [0.717, 1.165) is 0 Å². The average Bonchev–Trinajstić information content (AvgIpc) is 2.13. The molecular weight excluding hydrogens is 194 g/mol. The number of carbonyl (C=O) groups excluding carboxylic acids is 1. The summed E-state index contributed by atoms with van der Waals surface area (Å²) < 4.78 is 0. The summed E-state index contributed by atoms with van der Waals surface area (Å²) in [5.41, 5.74) is 4.74. The standard InChI is InChI=1S/C7H15NO6/c8-5(12)1-3(10)6(13)7(14)4(11)2-9/h3-4,6-7,9-11,13-14H,1-2H2,(H2,8,12). The highest BCUT2D eigenvalue weighted by Gasteiger charge is 2.30. The third-order valence-electron chi connectivity index (χ3n) is 1.74. The smallest absolute Gasteiger partial charge is 0.220 e. The molecule has 0 spiro atoms. The van der Waals surface area contributed by atoms with Gasteiger partial charge in [0.15, 0.2) is 0 Å². The maximum atomic E-state index is 10.3. The summed E-state index contributed by atoms with van der Waals surface area (Å²) in [7, 11) is 0. The van der Waals surface area contributed by atoms with Crippen LogP contribution in [0.2, 0.25) is 0 Å². The number of amides is 1. The molecule has 0 aromatic carbocycles. The summed E-state index contributed by atoms with van der Waals surface area (Å²) in [5.74, 6) is -0.845. The number of aliphatic hydroxyl groups excluding tert-OH is 5. The summed E-state index contributed by atoms with van der Waals surface area (Å²) in [6.45, 7) is -0.762. The fourth-order valence-electron chi connectivity index (χ4n) is 0.890. The van der Waals surface area contributed by atoms with Crippen LogP contribution >= 0.6 is 0 Å². The topological polar surface area (TPSA) is 144 Å². The Morgan fingerprint density at radius 2 is 1.50 bits per heavy atom. The van der Waals surface area contributed by atoms with Crippen LogP contribution in [0.4, 0.5) is 0 Å². The zero-order valence-corrected chi connectivity index (χ0v) is 7.45. The molecule has 0 saturated carbocycles. The summed E-state index contributed by atoms with van der Waals surface area (Å²) in [6, 6.07) is 0. The van der Waals surface area contributed by atoms with Crippen LogP contribution in [-0.2, 0) is 4.79 Å². The highest BCUT2D eigenvalue weighted by Crippen LogP contribution is 2.07. The lowest BCUT2D eigenvalue weighted by molar-refractivity contribution is -0.131. The summed E-state index contributed by atoms with van der Waals surface area (Å²) in [4.78, 5) is 10.3. The van der Waals surface area contributed by atoms with E-state index in [9.17, 15) is 4.79 Å². The molecule has 0 aromatic rings. The highest BCUT2D eigenvalue weighted by atomic mass is 16.4. The second-order valence-electron chi connectivity index (χ2n) is 2.97. The van der Waals surface area contributed by atoms with Crippen molar-refractivity contribution in [2.75, 3.05) is 6.61 Å². The van der Waals surface area contributed by atoms with Gasteiger partial charge >= 0.3 is 0 Å². The van der Waals surface area contributed by atoms with Gasteiger partial charge in [0.1, 0.15) is 18.3 Å². The van der Waals surface area contributed by atoms with Crippen LogP contribution in [0.1, 0.15) is 6.42 Å². The lowest BCUT2D eigenvalue weighted by Crippen LogP contribution is -2.46. The number of carbonyl (C=O) groups is 1. The van der Waals surface area contributed by atoms with E-state index in [0.29, 0.717) is 0 Å². The molecule has 7 nitrogen and oxygen atoms in total. The zero-order valence-electron chi connectivity index (χ0n) is 7.45. The van der Waals surface area contributed by atoms with E-state index in [1.165, 1.54) is 0 Å². The summed E-state index contributed by atoms with van der Waals surface area (Å²) in [5, 5.41) is 44.7. The molecule has 4 atom stereocenters. The number of hydrogen-bond acceptors (Lipinski definition) is 6. The third kappa shape index (κ3) is 3.99.